The third-order valence-corrected chi connectivity index (χ3v) is 0.461. The van der Waals surface area contributed by atoms with E-state index in [1.54, 1.807) is 13.8 Å². The standard InChI is InChI=1S/C6H8O2/c1-4-6(7)8-5(2)3/h1,5H,2-3H3. The first-order chi connectivity index (χ1) is 3.66. The minimum Gasteiger partial charge on any atom is -0.453 e. The van der Waals surface area contributed by atoms with Gasteiger partial charge in [-0.2, -0.15) is 0 Å². The summed E-state index contributed by atoms with van der Waals surface area (Å²) in [6, 6.07) is 0. The minimum atomic E-state index is -0.597. The third-order valence-electron chi connectivity index (χ3n) is 0.461. The summed E-state index contributed by atoms with van der Waals surface area (Å²) in [6.07, 6.45) is 4.58. The Morgan fingerprint density at radius 1 is 1.75 bits per heavy atom. The molecule has 0 rings (SSSR count). The predicted molar refractivity (Wildman–Crippen MR) is 30.1 cm³/mol. The van der Waals surface area contributed by atoms with Gasteiger partial charge in [0.2, 0.25) is 0 Å². The van der Waals surface area contributed by atoms with E-state index >= 15 is 0 Å². The molecule has 0 aromatic carbocycles. The quantitative estimate of drug-likeness (QED) is 0.281. The summed E-state index contributed by atoms with van der Waals surface area (Å²) in [7, 11) is 0. The summed E-state index contributed by atoms with van der Waals surface area (Å²) in [5.41, 5.74) is 0. The monoisotopic (exact) mass is 112 g/mol. The van der Waals surface area contributed by atoms with Crippen molar-refractivity contribution in [3.63, 3.8) is 0 Å². The SMILES string of the molecule is C#CC(=O)OC(C)C. The van der Waals surface area contributed by atoms with Gasteiger partial charge in [0.1, 0.15) is 0 Å². The minimum absolute atomic E-state index is 0.112. The van der Waals surface area contributed by atoms with Gasteiger partial charge < -0.3 is 4.74 Å². The highest BCUT2D eigenvalue weighted by Gasteiger charge is 1.97. The first kappa shape index (κ1) is 7.03. The topological polar surface area (TPSA) is 26.3 Å². The summed E-state index contributed by atoms with van der Waals surface area (Å²) >= 11 is 0. The van der Waals surface area contributed by atoms with Crippen molar-refractivity contribution in [3.05, 3.63) is 0 Å². The highest BCUT2D eigenvalue weighted by molar-refractivity contribution is 5.87. The molecule has 0 amide bonds. The van der Waals surface area contributed by atoms with Gasteiger partial charge in [0.15, 0.2) is 0 Å². The number of ether oxygens (including phenoxy) is 1. The first-order valence-electron chi connectivity index (χ1n) is 2.34. The van der Waals surface area contributed by atoms with E-state index < -0.39 is 5.97 Å². The Morgan fingerprint density at radius 3 is 2.38 bits per heavy atom. The predicted octanol–water partition coefficient (Wildman–Crippen LogP) is 0.571. The fourth-order valence-corrected chi connectivity index (χ4v) is 0.248. The maximum absolute atomic E-state index is 10.2. The molecule has 2 nitrogen and oxygen atoms in total. The van der Waals surface area contributed by atoms with Crippen molar-refractivity contribution in [2.45, 2.75) is 20.0 Å². The van der Waals surface area contributed by atoms with Crippen molar-refractivity contribution in [1.29, 1.82) is 0 Å². The fraction of sp³-hybridized carbons (Fsp3) is 0.500. The van der Waals surface area contributed by atoms with Crippen molar-refractivity contribution in [2.75, 3.05) is 0 Å². The average Bonchev–Trinajstić information content (AvgIpc) is 1.65. The molecule has 0 saturated carbocycles. The van der Waals surface area contributed by atoms with E-state index in [-0.39, 0.29) is 6.10 Å². The summed E-state index contributed by atoms with van der Waals surface area (Å²) in [6.45, 7) is 3.49. The molecule has 0 unspecified atom stereocenters. The van der Waals surface area contributed by atoms with Crippen LogP contribution < -0.4 is 0 Å². The van der Waals surface area contributed by atoms with E-state index in [1.807, 2.05) is 5.92 Å². The molecule has 0 saturated heterocycles. The van der Waals surface area contributed by atoms with Crippen molar-refractivity contribution < 1.29 is 9.53 Å². The van der Waals surface area contributed by atoms with E-state index in [0.717, 1.165) is 0 Å². The van der Waals surface area contributed by atoms with Gasteiger partial charge in [0.25, 0.3) is 0 Å². The van der Waals surface area contributed by atoms with Crippen molar-refractivity contribution >= 4 is 5.97 Å². The van der Waals surface area contributed by atoms with E-state index in [1.165, 1.54) is 0 Å². The van der Waals surface area contributed by atoms with Gasteiger partial charge >= 0.3 is 5.97 Å². The molecule has 2 heteroatoms. The lowest BCUT2D eigenvalue weighted by Crippen LogP contribution is -2.08. The van der Waals surface area contributed by atoms with Gasteiger partial charge in [-0.3, -0.25) is 0 Å². The lowest BCUT2D eigenvalue weighted by Gasteiger charge is -2.01. The molecule has 0 aliphatic rings. The van der Waals surface area contributed by atoms with Crippen molar-refractivity contribution in [3.8, 4) is 12.3 Å². The molecule has 0 atom stereocenters. The molecule has 0 fully saturated rings. The zero-order valence-corrected chi connectivity index (χ0v) is 4.97. The summed E-state index contributed by atoms with van der Waals surface area (Å²) < 4.78 is 4.52. The molecule has 44 valence electrons. The van der Waals surface area contributed by atoms with Gasteiger partial charge in [0, 0.05) is 5.92 Å². The molecule has 8 heavy (non-hydrogen) atoms. The number of carbonyl (C=O) groups is 1. The van der Waals surface area contributed by atoms with Gasteiger partial charge in [-0.1, -0.05) is 0 Å². The van der Waals surface area contributed by atoms with Crippen LogP contribution in [0.1, 0.15) is 13.8 Å². The molecular formula is C6H8O2. The van der Waals surface area contributed by atoms with Crippen LogP contribution in [-0.2, 0) is 9.53 Å². The van der Waals surface area contributed by atoms with Crippen LogP contribution in [0.2, 0.25) is 0 Å². The second kappa shape index (κ2) is 3.09. The third kappa shape index (κ3) is 3.23. The van der Waals surface area contributed by atoms with Crippen LogP contribution in [0, 0.1) is 12.3 Å². The molecule has 0 N–H and O–H groups in total. The van der Waals surface area contributed by atoms with Gasteiger partial charge in [-0.15, -0.1) is 6.42 Å². The van der Waals surface area contributed by atoms with Crippen molar-refractivity contribution in [1.82, 2.24) is 0 Å². The maximum Gasteiger partial charge on any atom is 0.384 e. The molecular weight excluding hydrogens is 104 g/mol. The molecule has 0 aromatic rings. The largest absolute Gasteiger partial charge is 0.453 e. The molecule has 0 spiro atoms. The molecule has 0 heterocycles. The average molecular weight is 112 g/mol. The number of rotatable bonds is 1. The Labute approximate surface area is 48.8 Å². The fourth-order valence-electron chi connectivity index (χ4n) is 0.248. The molecule has 0 bridgehead atoms. The Morgan fingerprint density at radius 2 is 2.25 bits per heavy atom. The van der Waals surface area contributed by atoms with Crippen LogP contribution >= 0.6 is 0 Å². The smallest absolute Gasteiger partial charge is 0.384 e. The van der Waals surface area contributed by atoms with Crippen LogP contribution in [0.25, 0.3) is 0 Å². The van der Waals surface area contributed by atoms with E-state index in [4.69, 9.17) is 6.42 Å². The van der Waals surface area contributed by atoms with Gasteiger partial charge in [-0.05, 0) is 13.8 Å². The van der Waals surface area contributed by atoms with Gasteiger partial charge in [-0.25, -0.2) is 4.79 Å². The first-order valence-corrected chi connectivity index (χ1v) is 2.34. The Kier molecular flexibility index (Phi) is 2.71. The summed E-state index contributed by atoms with van der Waals surface area (Å²) in [5, 5.41) is 0. The highest BCUT2D eigenvalue weighted by atomic mass is 16.5. The van der Waals surface area contributed by atoms with E-state index in [0.29, 0.717) is 0 Å². The lowest BCUT2D eigenvalue weighted by atomic mass is 10.5. The van der Waals surface area contributed by atoms with E-state index in [9.17, 15) is 4.79 Å². The van der Waals surface area contributed by atoms with Crippen molar-refractivity contribution in [2.24, 2.45) is 0 Å². The molecule has 0 aliphatic carbocycles. The summed E-state index contributed by atoms with van der Waals surface area (Å²) in [5.74, 6) is 1.24. The maximum atomic E-state index is 10.2. The second-order valence-corrected chi connectivity index (χ2v) is 1.60. The van der Waals surface area contributed by atoms with E-state index in [2.05, 4.69) is 4.74 Å². The summed E-state index contributed by atoms with van der Waals surface area (Å²) in [4.78, 5) is 10.2. The highest BCUT2D eigenvalue weighted by Crippen LogP contribution is 1.85. The van der Waals surface area contributed by atoms with Crippen LogP contribution in [0.15, 0.2) is 0 Å². The second-order valence-electron chi connectivity index (χ2n) is 1.60. The van der Waals surface area contributed by atoms with Crippen LogP contribution in [0.4, 0.5) is 0 Å². The van der Waals surface area contributed by atoms with Crippen LogP contribution in [0.5, 0.6) is 0 Å². The normalized spacial score (nSPS) is 8.25. The zero-order valence-electron chi connectivity index (χ0n) is 4.97. The Bertz CT molecular complexity index is 119. The number of carbonyl (C=O) groups excluding carboxylic acids is 1. The van der Waals surface area contributed by atoms with Crippen LogP contribution in [0.3, 0.4) is 0 Å². The lowest BCUT2D eigenvalue weighted by molar-refractivity contribution is -0.140. The Balaban J connectivity index is 3.44. The molecule has 0 radical (unpaired) electrons. The number of hydrogen-bond donors (Lipinski definition) is 0. The zero-order chi connectivity index (χ0) is 6.57. The Hall–Kier alpha value is -0.970. The number of esters is 1. The molecule has 0 aromatic heterocycles. The van der Waals surface area contributed by atoms with Gasteiger partial charge in [0.05, 0.1) is 6.10 Å². The number of terminal acetylenes is 1. The molecule has 0 aliphatic heterocycles. The number of hydrogen-bond acceptors (Lipinski definition) is 2. The van der Waals surface area contributed by atoms with Crippen LogP contribution in [-0.4, -0.2) is 12.1 Å².